The van der Waals surface area contributed by atoms with Gasteiger partial charge in [-0.2, -0.15) is 0 Å². The van der Waals surface area contributed by atoms with Crippen LogP contribution >= 0.6 is 0 Å². The van der Waals surface area contributed by atoms with Crippen LogP contribution in [0.4, 0.5) is 0 Å². The summed E-state index contributed by atoms with van der Waals surface area (Å²) in [5.74, 6) is 0. The van der Waals surface area contributed by atoms with Gasteiger partial charge in [0, 0.05) is 6.42 Å². The fraction of sp³-hybridized carbons (Fsp3) is 0.250. The zero-order valence-corrected chi connectivity index (χ0v) is 11.9. The fourth-order valence-electron chi connectivity index (χ4n) is 2.63. The molecule has 0 aliphatic carbocycles. The van der Waals surface area contributed by atoms with Crippen LogP contribution in [0.15, 0.2) is 41.6 Å². The van der Waals surface area contributed by atoms with E-state index in [-0.39, 0.29) is 5.56 Å². The van der Waals surface area contributed by atoms with Crippen LogP contribution < -0.4 is 5.56 Å². The first kappa shape index (κ1) is 13.1. The third-order valence-electron chi connectivity index (χ3n) is 3.78. The predicted octanol–water partition coefficient (Wildman–Crippen LogP) is 1.31. The Morgan fingerprint density at radius 1 is 1.18 bits per heavy atom. The molecule has 3 heterocycles. The molecule has 22 heavy (non-hydrogen) atoms. The summed E-state index contributed by atoms with van der Waals surface area (Å²) < 4.78 is 6.92. The molecular formula is C16H14N4O2. The van der Waals surface area contributed by atoms with Crippen molar-refractivity contribution in [1.29, 1.82) is 0 Å². The summed E-state index contributed by atoms with van der Waals surface area (Å²) in [5.41, 5.74) is 3.84. The Bertz CT molecular complexity index is 904. The van der Waals surface area contributed by atoms with Gasteiger partial charge in [0.2, 0.25) is 0 Å². The van der Waals surface area contributed by atoms with Crippen molar-refractivity contribution in [1.82, 2.24) is 19.5 Å². The van der Waals surface area contributed by atoms with Gasteiger partial charge in [-0.3, -0.25) is 14.3 Å². The van der Waals surface area contributed by atoms with E-state index in [2.05, 4.69) is 15.0 Å². The van der Waals surface area contributed by atoms with Gasteiger partial charge >= 0.3 is 0 Å². The van der Waals surface area contributed by atoms with Gasteiger partial charge in [-0.15, -0.1) is 0 Å². The molecule has 6 heteroatoms. The molecule has 0 fully saturated rings. The van der Waals surface area contributed by atoms with Crippen molar-refractivity contribution in [2.75, 3.05) is 6.61 Å². The minimum Gasteiger partial charge on any atom is -0.376 e. The zero-order chi connectivity index (χ0) is 14.9. The third-order valence-corrected chi connectivity index (χ3v) is 3.78. The second kappa shape index (κ2) is 5.31. The second-order valence-corrected chi connectivity index (χ2v) is 5.26. The molecule has 3 aromatic rings. The van der Waals surface area contributed by atoms with Gasteiger partial charge in [0.1, 0.15) is 0 Å². The molecule has 0 spiro atoms. The quantitative estimate of drug-likeness (QED) is 0.712. The number of nitrogens with zero attached hydrogens (tertiary/aromatic N) is 4. The lowest BCUT2D eigenvalue weighted by Gasteiger charge is -2.16. The lowest BCUT2D eigenvalue weighted by atomic mass is 10.1. The number of ether oxygens (including phenoxy) is 1. The van der Waals surface area contributed by atoms with E-state index in [1.54, 1.807) is 17.1 Å². The molecule has 0 radical (unpaired) electrons. The molecule has 0 saturated heterocycles. The van der Waals surface area contributed by atoms with Gasteiger partial charge < -0.3 is 4.74 Å². The maximum atomic E-state index is 12.5. The third kappa shape index (κ3) is 2.27. The normalized spacial score (nSPS) is 14.0. The molecule has 0 saturated carbocycles. The molecule has 0 unspecified atom stereocenters. The van der Waals surface area contributed by atoms with E-state index in [0.29, 0.717) is 31.7 Å². The predicted molar refractivity (Wildman–Crippen MR) is 80.5 cm³/mol. The monoisotopic (exact) mass is 294 g/mol. The molecule has 1 aliphatic heterocycles. The number of benzene rings is 1. The molecule has 6 nitrogen and oxygen atoms in total. The van der Waals surface area contributed by atoms with E-state index in [4.69, 9.17) is 4.74 Å². The summed E-state index contributed by atoms with van der Waals surface area (Å²) in [7, 11) is 0. The Labute approximate surface area is 126 Å². The van der Waals surface area contributed by atoms with Crippen molar-refractivity contribution >= 4 is 11.0 Å². The first-order valence-electron chi connectivity index (χ1n) is 7.17. The zero-order valence-electron chi connectivity index (χ0n) is 11.9. The van der Waals surface area contributed by atoms with Crippen LogP contribution in [0.25, 0.3) is 11.0 Å². The number of rotatable bonds is 2. The summed E-state index contributed by atoms with van der Waals surface area (Å²) in [5, 5.41) is 0. The highest BCUT2D eigenvalue weighted by atomic mass is 16.5. The van der Waals surface area contributed by atoms with Crippen LogP contribution in [0.2, 0.25) is 0 Å². The SMILES string of the molecule is O=c1c2c(ncn1Cc1cnc3ccccc3n1)CCOC2. The lowest BCUT2D eigenvalue weighted by molar-refractivity contribution is 0.107. The summed E-state index contributed by atoms with van der Waals surface area (Å²) >= 11 is 0. The highest BCUT2D eigenvalue weighted by Gasteiger charge is 2.16. The summed E-state index contributed by atoms with van der Waals surface area (Å²) in [6, 6.07) is 7.67. The maximum Gasteiger partial charge on any atom is 0.259 e. The Balaban J connectivity index is 1.71. The minimum atomic E-state index is -0.0559. The molecular weight excluding hydrogens is 280 g/mol. The fourth-order valence-corrected chi connectivity index (χ4v) is 2.63. The van der Waals surface area contributed by atoms with Gasteiger partial charge in [0.05, 0.1) is 60.3 Å². The van der Waals surface area contributed by atoms with Crippen molar-refractivity contribution in [3.63, 3.8) is 0 Å². The smallest absolute Gasteiger partial charge is 0.259 e. The van der Waals surface area contributed by atoms with Crippen LogP contribution in [-0.2, 0) is 24.3 Å². The molecule has 0 atom stereocenters. The summed E-state index contributed by atoms with van der Waals surface area (Å²) in [6.07, 6.45) is 3.98. The molecule has 0 amide bonds. The van der Waals surface area contributed by atoms with Gasteiger partial charge in [-0.25, -0.2) is 9.97 Å². The Morgan fingerprint density at radius 3 is 2.95 bits per heavy atom. The molecule has 1 aliphatic rings. The van der Waals surface area contributed by atoms with Crippen LogP contribution in [0.1, 0.15) is 17.0 Å². The average molecular weight is 294 g/mol. The molecule has 4 rings (SSSR count). The number of aromatic nitrogens is 4. The Morgan fingerprint density at radius 2 is 2.05 bits per heavy atom. The highest BCUT2D eigenvalue weighted by molar-refractivity contribution is 5.73. The molecule has 0 bridgehead atoms. The van der Waals surface area contributed by atoms with Crippen LogP contribution in [0, 0.1) is 0 Å². The van der Waals surface area contributed by atoms with Crippen molar-refractivity contribution in [3.05, 3.63) is 64.1 Å². The van der Waals surface area contributed by atoms with E-state index in [1.165, 1.54) is 0 Å². The van der Waals surface area contributed by atoms with Gasteiger partial charge in [0.15, 0.2) is 0 Å². The van der Waals surface area contributed by atoms with Crippen LogP contribution in [0.5, 0.6) is 0 Å². The van der Waals surface area contributed by atoms with Crippen molar-refractivity contribution in [2.24, 2.45) is 0 Å². The van der Waals surface area contributed by atoms with Crippen molar-refractivity contribution < 1.29 is 4.74 Å². The van der Waals surface area contributed by atoms with Crippen molar-refractivity contribution in [3.8, 4) is 0 Å². The van der Waals surface area contributed by atoms with Gasteiger partial charge in [0.25, 0.3) is 5.56 Å². The van der Waals surface area contributed by atoms with E-state index >= 15 is 0 Å². The van der Waals surface area contributed by atoms with E-state index in [1.807, 2.05) is 24.3 Å². The Kier molecular flexibility index (Phi) is 3.16. The van der Waals surface area contributed by atoms with E-state index in [0.717, 1.165) is 22.4 Å². The van der Waals surface area contributed by atoms with Gasteiger partial charge in [-0.1, -0.05) is 12.1 Å². The van der Waals surface area contributed by atoms with E-state index in [9.17, 15) is 4.79 Å². The topological polar surface area (TPSA) is 69.9 Å². The van der Waals surface area contributed by atoms with Crippen LogP contribution in [0.3, 0.4) is 0 Å². The van der Waals surface area contributed by atoms with Crippen molar-refractivity contribution in [2.45, 2.75) is 19.6 Å². The molecule has 0 N–H and O–H groups in total. The van der Waals surface area contributed by atoms with E-state index < -0.39 is 0 Å². The average Bonchev–Trinajstić information content (AvgIpc) is 2.57. The standard InChI is InChI=1S/C16H14N4O2/c21-16-12-9-22-6-5-13(12)18-10-20(16)8-11-7-17-14-3-1-2-4-15(14)19-11/h1-4,7,10H,5-6,8-9H2. The van der Waals surface area contributed by atoms with Gasteiger partial charge in [-0.05, 0) is 12.1 Å². The number of hydrogen-bond acceptors (Lipinski definition) is 5. The summed E-state index contributed by atoms with van der Waals surface area (Å²) in [4.78, 5) is 25.8. The Hall–Kier alpha value is -2.60. The molecule has 2 aromatic heterocycles. The molecule has 1 aromatic carbocycles. The largest absolute Gasteiger partial charge is 0.376 e. The first-order chi connectivity index (χ1) is 10.8. The number of fused-ring (bicyclic) bond motifs is 2. The van der Waals surface area contributed by atoms with Crippen LogP contribution in [-0.4, -0.2) is 26.1 Å². The lowest BCUT2D eigenvalue weighted by Crippen LogP contribution is -2.30. The molecule has 110 valence electrons. The minimum absolute atomic E-state index is 0.0559. The number of hydrogen-bond donors (Lipinski definition) is 0. The highest BCUT2D eigenvalue weighted by Crippen LogP contribution is 2.11. The first-order valence-corrected chi connectivity index (χ1v) is 7.17. The summed E-state index contributed by atoms with van der Waals surface area (Å²) in [6.45, 7) is 1.32. The maximum absolute atomic E-state index is 12.5. The number of para-hydroxylation sites is 2. The second-order valence-electron chi connectivity index (χ2n) is 5.26.